The molecule has 0 aromatic heterocycles. The normalized spacial score (nSPS) is 12.0. The summed E-state index contributed by atoms with van der Waals surface area (Å²) in [5.41, 5.74) is 9.03. The monoisotopic (exact) mass is 349 g/mol. The molecule has 0 saturated carbocycles. The Hall–Kier alpha value is -2.08. The average molecular weight is 350 g/mol. The Morgan fingerprint density at radius 1 is 1.29 bits per heavy atom. The quantitative estimate of drug-likeness (QED) is 0.486. The number of nitro benzene ring substituents is 1. The minimum atomic E-state index is -0.382. The number of hydrogen-bond donors (Lipinski definition) is 2. The lowest BCUT2D eigenvalue weighted by Crippen LogP contribution is -2.07. The van der Waals surface area contributed by atoms with E-state index in [0.29, 0.717) is 10.0 Å². The van der Waals surface area contributed by atoms with Gasteiger partial charge in [-0.15, -0.1) is 0 Å². The van der Waals surface area contributed by atoms with Crippen molar-refractivity contribution in [1.29, 1.82) is 0 Å². The SMILES string of the molecule is Cc1cc(NC(C)c2ccc(N)cc2)c(Br)cc1[N+](=O)[O-]. The Kier molecular flexibility index (Phi) is 4.47. The Morgan fingerprint density at radius 3 is 2.48 bits per heavy atom. The summed E-state index contributed by atoms with van der Waals surface area (Å²) in [6.07, 6.45) is 0. The molecule has 0 aliphatic rings. The van der Waals surface area contributed by atoms with Crippen LogP contribution < -0.4 is 11.1 Å². The number of rotatable bonds is 4. The van der Waals surface area contributed by atoms with Crippen molar-refractivity contribution in [3.05, 3.63) is 62.1 Å². The first kappa shape index (κ1) is 15.3. The highest BCUT2D eigenvalue weighted by atomic mass is 79.9. The zero-order chi connectivity index (χ0) is 15.6. The number of anilines is 2. The number of benzene rings is 2. The van der Waals surface area contributed by atoms with Gasteiger partial charge in [-0.25, -0.2) is 0 Å². The van der Waals surface area contributed by atoms with Crippen molar-refractivity contribution in [2.24, 2.45) is 0 Å². The first-order valence-corrected chi connectivity index (χ1v) is 7.24. The standard InChI is InChI=1S/C15H16BrN3O2/c1-9-7-14(13(16)8-15(9)19(20)21)18-10(2)11-3-5-12(17)6-4-11/h3-8,10,18H,17H2,1-2H3. The van der Waals surface area contributed by atoms with Crippen LogP contribution in [-0.2, 0) is 0 Å². The Balaban J connectivity index is 2.25. The molecule has 1 atom stereocenters. The number of aryl methyl sites for hydroxylation is 1. The van der Waals surface area contributed by atoms with Crippen LogP contribution in [0.3, 0.4) is 0 Å². The molecule has 2 rings (SSSR count). The third-order valence-corrected chi connectivity index (χ3v) is 3.95. The molecule has 0 aliphatic carbocycles. The molecule has 0 spiro atoms. The molecule has 0 heterocycles. The lowest BCUT2D eigenvalue weighted by molar-refractivity contribution is -0.385. The number of nitrogens with zero attached hydrogens (tertiary/aromatic N) is 1. The smallest absolute Gasteiger partial charge is 0.273 e. The number of nitrogen functional groups attached to an aromatic ring is 1. The van der Waals surface area contributed by atoms with Gasteiger partial charge in [0.2, 0.25) is 0 Å². The molecule has 0 saturated heterocycles. The third kappa shape index (κ3) is 3.52. The largest absolute Gasteiger partial charge is 0.399 e. The minimum Gasteiger partial charge on any atom is -0.399 e. The number of nitrogens with two attached hydrogens (primary N) is 1. The fraction of sp³-hybridized carbons (Fsp3) is 0.200. The zero-order valence-corrected chi connectivity index (χ0v) is 13.3. The highest BCUT2D eigenvalue weighted by Crippen LogP contribution is 2.32. The highest BCUT2D eigenvalue weighted by Gasteiger charge is 2.15. The summed E-state index contributed by atoms with van der Waals surface area (Å²) in [4.78, 5) is 10.5. The number of nitrogens with one attached hydrogen (secondary N) is 1. The van der Waals surface area contributed by atoms with E-state index in [1.807, 2.05) is 31.2 Å². The average Bonchev–Trinajstić information content (AvgIpc) is 2.42. The van der Waals surface area contributed by atoms with Gasteiger partial charge in [-0.1, -0.05) is 12.1 Å². The Morgan fingerprint density at radius 2 is 1.90 bits per heavy atom. The van der Waals surface area contributed by atoms with Crippen molar-refractivity contribution in [2.45, 2.75) is 19.9 Å². The minimum absolute atomic E-state index is 0.0581. The zero-order valence-electron chi connectivity index (χ0n) is 11.8. The van der Waals surface area contributed by atoms with Crippen molar-refractivity contribution >= 4 is 33.0 Å². The molecule has 0 aliphatic heterocycles. The summed E-state index contributed by atoms with van der Waals surface area (Å²) < 4.78 is 0.669. The van der Waals surface area contributed by atoms with Crippen LogP contribution in [0.2, 0.25) is 0 Å². The molecule has 5 nitrogen and oxygen atoms in total. The molecule has 0 bridgehead atoms. The Bertz CT molecular complexity index is 671. The van der Waals surface area contributed by atoms with E-state index in [1.165, 1.54) is 6.07 Å². The van der Waals surface area contributed by atoms with Crippen LogP contribution in [0, 0.1) is 17.0 Å². The third-order valence-electron chi connectivity index (χ3n) is 3.29. The summed E-state index contributed by atoms with van der Waals surface area (Å²) in [6.45, 7) is 3.75. The van der Waals surface area contributed by atoms with Gasteiger partial charge in [-0.3, -0.25) is 10.1 Å². The van der Waals surface area contributed by atoms with Gasteiger partial charge < -0.3 is 11.1 Å². The van der Waals surface area contributed by atoms with Gasteiger partial charge in [0.15, 0.2) is 0 Å². The van der Waals surface area contributed by atoms with E-state index in [4.69, 9.17) is 5.73 Å². The number of nitro groups is 1. The van der Waals surface area contributed by atoms with Crippen LogP contribution in [0.5, 0.6) is 0 Å². The predicted molar refractivity (Wildman–Crippen MR) is 88.4 cm³/mol. The fourth-order valence-electron chi connectivity index (χ4n) is 2.08. The van der Waals surface area contributed by atoms with Crippen molar-refractivity contribution in [1.82, 2.24) is 0 Å². The second-order valence-corrected chi connectivity index (χ2v) is 5.76. The lowest BCUT2D eigenvalue weighted by Gasteiger charge is -2.17. The van der Waals surface area contributed by atoms with Crippen LogP contribution in [0.25, 0.3) is 0 Å². The van der Waals surface area contributed by atoms with E-state index < -0.39 is 0 Å². The molecular weight excluding hydrogens is 334 g/mol. The molecule has 0 fully saturated rings. The molecular formula is C15H16BrN3O2. The topological polar surface area (TPSA) is 81.2 Å². The van der Waals surface area contributed by atoms with Crippen molar-refractivity contribution in [3.63, 3.8) is 0 Å². The second kappa shape index (κ2) is 6.13. The molecule has 2 aromatic carbocycles. The van der Waals surface area contributed by atoms with Crippen LogP contribution >= 0.6 is 15.9 Å². The maximum atomic E-state index is 10.9. The van der Waals surface area contributed by atoms with Crippen molar-refractivity contribution < 1.29 is 4.92 Å². The highest BCUT2D eigenvalue weighted by molar-refractivity contribution is 9.10. The van der Waals surface area contributed by atoms with E-state index in [1.54, 1.807) is 13.0 Å². The van der Waals surface area contributed by atoms with Gasteiger partial charge in [0.25, 0.3) is 5.69 Å². The van der Waals surface area contributed by atoms with Crippen LogP contribution in [-0.4, -0.2) is 4.92 Å². The predicted octanol–water partition coefficient (Wildman–Crippen LogP) is 4.42. The van der Waals surface area contributed by atoms with E-state index in [2.05, 4.69) is 21.2 Å². The van der Waals surface area contributed by atoms with Gasteiger partial charge in [-0.05, 0) is 53.5 Å². The summed E-state index contributed by atoms with van der Waals surface area (Å²) >= 11 is 3.38. The van der Waals surface area contributed by atoms with E-state index >= 15 is 0 Å². The van der Waals surface area contributed by atoms with Gasteiger partial charge in [0, 0.05) is 33.5 Å². The molecule has 3 N–H and O–H groups in total. The summed E-state index contributed by atoms with van der Waals surface area (Å²) in [7, 11) is 0. The lowest BCUT2D eigenvalue weighted by atomic mass is 10.1. The van der Waals surface area contributed by atoms with Gasteiger partial charge in [0.05, 0.1) is 4.92 Å². The van der Waals surface area contributed by atoms with Gasteiger partial charge in [-0.2, -0.15) is 0 Å². The summed E-state index contributed by atoms with van der Waals surface area (Å²) in [5, 5.41) is 14.3. The first-order valence-electron chi connectivity index (χ1n) is 6.45. The molecule has 110 valence electrons. The van der Waals surface area contributed by atoms with Crippen molar-refractivity contribution in [3.8, 4) is 0 Å². The first-order chi connectivity index (χ1) is 9.88. The van der Waals surface area contributed by atoms with Crippen LogP contribution in [0.1, 0.15) is 24.1 Å². The van der Waals surface area contributed by atoms with E-state index in [9.17, 15) is 10.1 Å². The molecule has 0 amide bonds. The van der Waals surface area contributed by atoms with Crippen molar-refractivity contribution in [2.75, 3.05) is 11.1 Å². The summed E-state index contributed by atoms with van der Waals surface area (Å²) in [6, 6.07) is 11.0. The maximum absolute atomic E-state index is 10.9. The molecule has 21 heavy (non-hydrogen) atoms. The van der Waals surface area contributed by atoms with Crippen LogP contribution in [0.4, 0.5) is 17.1 Å². The van der Waals surface area contributed by atoms with E-state index in [-0.39, 0.29) is 16.7 Å². The van der Waals surface area contributed by atoms with Gasteiger partial charge >= 0.3 is 0 Å². The number of hydrogen-bond acceptors (Lipinski definition) is 4. The van der Waals surface area contributed by atoms with Crippen LogP contribution in [0.15, 0.2) is 40.9 Å². The molecule has 2 aromatic rings. The molecule has 6 heteroatoms. The molecule has 1 unspecified atom stereocenters. The fourth-order valence-corrected chi connectivity index (χ4v) is 2.53. The van der Waals surface area contributed by atoms with E-state index in [0.717, 1.165) is 16.9 Å². The second-order valence-electron chi connectivity index (χ2n) is 4.91. The van der Waals surface area contributed by atoms with Gasteiger partial charge in [0.1, 0.15) is 0 Å². The Labute approximate surface area is 131 Å². The molecule has 0 radical (unpaired) electrons. The maximum Gasteiger partial charge on any atom is 0.273 e. The summed E-state index contributed by atoms with van der Waals surface area (Å²) in [5.74, 6) is 0. The number of halogens is 1.